The Hall–Kier alpha value is -4.18. The summed E-state index contributed by atoms with van der Waals surface area (Å²) in [6, 6.07) is 11.1. The van der Waals surface area contributed by atoms with Gasteiger partial charge in [-0.05, 0) is 50.8 Å². The van der Waals surface area contributed by atoms with Crippen LogP contribution in [-0.4, -0.2) is 48.1 Å². The van der Waals surface area contributed by atoms with Crippen LogP contribution in [0.15, 0.2) is 48.0 Å². The molecular weight excluding hydrogens is 544 g/mol. The lowest BCUT2D eigenvalue weighted by Crippen LogP contribution is -2.29. The van der Waals surface area contributed by atoms with Crippen LogP contribution >= 0.6 is 11.3 Å². The summed E-state index contributed by atoms with van der Waals surface area (Å²) in [6.45, 7) is 10.5. The Balaban J connectivity index is 1.89. The van der Waals surface area contributed by atoms with Crippen LogP contribution in [0.1, 0.15) is 65.3 Å². The van der Waals surface area contributed by atoms with Gasteiger partial charge in [0.15, 0.2) is 16.6 Å². The molecule has 1 amide bonds. The van der Waals surface area contributed by atoms with Crippen molar-refractivity contribution in [1.29, 1.82) is 0 Å². The molecule has 9 nitrogen and oxygen atoms in total. The monoisotopic (exact) mass is 578 g/mol. The second-order valence-corrected chi connectivity index (χ2v) is 11.1. The van der Waals surface area contributed by atoms with Crippen molar-refractivity contribution in [1.82, 2.24) is 4.98 Å². The zero-order chi connectivity index (χ0) is 29.8. The number of carbonyl (C=O) groups is 3. The quantitative estimate of drug-likeness (QED) is 0.135. The van der Waals surface area contributed by atoms with E-state index in [1.54, 1.807) is 37.3 Å². The second-order valence-electron chi connectivity index (χ2n) is 10.1. The molecule has 2 aromatic carbocycles. The van der Waals surface area contributed by atoms with Gasteiger partial charge in [0, 0.05) is 5.56 Å². The first-order valence-electron chi connectivity index (χ1n) is 13.4. The molecule has 1 aromatic heterocycles. The van der Waals surface area contributed by atoms with Gasteiger partial charge in [0.05, 0.1) is 37.6 Å². The third-order valence-electron chi connectivity index (χ3n) is 6.67. The summed E-state index contributed by atoms with van der Waals surface area (Å²) in [5.41, 5.74) is 2.14. The maximum Gasteiger partial charge on any atom is 0.350 e. The number of nitrogens with zero attached hydrogens (tertiary/aromatic N) is 2. The van der Waals surface area contributed by atoms with Gasteiger partial charge < -0.3 is 19.3 Å². The molecule has 0 bridgehead atoms. The fourth-order valence-electron chi connectivity index (χ4n) is 4.47. The smallest absolute Gasteiger partial charge is 0.350 e. The number of ether oxygens (including phenoxy) is 3. The summed E-state index contributed by atoms with van der Waals surface area (Å²) in [6.07, 6.45) is 0.857. The van der Waals surface area contributed by atoms with E-state index in [4.69, 9.17) is 14.2 Å². The van der Waals surface area contributed by atoms with Gasteiger partial charge in [0.25, 0.3) is 5.78 Å². The van der Waals surface area contributed by atoms with Gasteiger partial charge in [0.1, 0.15) is 10.6 Å². The van der Waals surface area contributed by atoms with Gasteiger partial charge >= 0.3 is 11.9 Å². The first kappa shape index (κ1) is 29.8. The number of aliphatic hydroxyl groups is 1. The Kier molecular flexibility index (Phi) is 9.12. The fourth-order valence-corrected chi connectivity index (χ4v) is 5.48. The fraction of sp³-hybridized carbons (Fsp3) is 0.355. The standard InChI is InChI=1S/C31H34N2O7S/c1-7-39-23-16-21(12-13-22(23)40-15-14-17(2)3)25-24(26(34)20-10-8-18(4)9-11-20)27(35)29(36)33(25)31-32-19(5)28(41-31)30(37)38-6/h8-13,16-17,25,34H,7,14-15H2,1-6H3/b26-24+. The summed E-state index contributed by atoms with van der Waals surface area (Å²) in [4.78, 5) is 45.3. The van der Waals surface area contributed by atoms with Gasteiger partial charge in [-0.1, -0.05) is 61.1 Å². The van der Waals surface area contributed by atoms with Crippen LogP contribution in [0.4, 0.5) is 5.13 Å². The molecule has 1 unspecified atom stereocenters. The Morgan fingerprint density at radius 1 is 1.07 bits per heavy atom. The maximum atomic E-state index is 13.6. The number of aromatic nitrogens is 1. The molecule has 1 aliphatic heterocycles. The zero-order valence-electron chi connectivity index (χ0n) is 24.0. The number of carbonyl (C=O) groups excluding carboxylic acids is 3. The molecule has 41 heavy (non-hydrogen) atoms. The van der Waals surface area contributed by atoms with E-state index in [1.807, 2.05) is 26.0 Å². The lowest BCUT2D eigenvalue weighted by Gasteiger charge is -2.24. The largest absolute Gasteiger partial charge is 0.507 e. The molecule has 0 radical (unpaired) electrons. The highest BCUT2D eigenvalue weighted by Crippen LogP contribution is 2.45. The Morgan fingerprint density at radius 2 is 1.78 bits per heavy atom. The van der Waals surface area contributed by atoms with Crippen LogP contribution in [0.3, 0.4) is 0 Å². The Morgan fingerprint density at radius 3 is 2.41 bits per heavy atom. The number of hydrogen-bond acceptors (Lipinski definition) is 9. The summed E-state index contributed by atoms with van der Waals surface area (Å²) in [5, 5.41) is 11.5. The van der Waals surface area contributed by atoms with E-state index in [1.165, 1.54) is 12.0 Å². The average Bonchev–Trinajstić information content (AvgIpc) is 3.45. The van der Waals surface area contributed by atoms with Gasteiger partial charge in [0.2, 0.25) is 0 Å². The molecule has 0 spiro atoms. The van der Waals surface area contributed by atoms with Gasteiger partial charge in [-0.2, -0.15) is 0 Å². The van der Waals surface area contributed by atoms with Crippen molar-refractivity contribution in [2.75, 3.05) is 25.2 Å². The number of amides is 1. The molecule has 1 N–H and O–H groups in total. The predicted molar refractivity (Wildman–Crippen MR) is 157 cm³/mol. The number of rotatable bonds is 10. The second kappa shape index (κ2) is 12.6. The first-order chi connectivity index (χ1) is 19.6. The molecule has 1 atom stereocenters. The topological polar surface area (TPSA) is 115 Å². The summed E-state index contributed by atoms with van der Waals surface area (Å²) < 4.78 is 16.7. The zero-order valence-corrected chi connectivity index (χ0v) is 24.8. The number of hydrogen-bond donors (Lipinski definition) is 1. The van der Waals surface area contributed by atoms with E-state index < -0.39 is 23.7 Å². The highest BCUT2D eigenvalue weighted by molar-refractivity contribution is 7.17. The minimum Gasteiger partial charge on any atom is -0.507 e. The van der Waals surface area contributed by atoms with Crippen LogP contribution in [0.25, 0.3) is 5.76 Å². The lowest BCUT2D eigenvalue weighted by atomic mass is 9.95. The van der Waals surface area contributed by atoms with Crippen molar-refractivity contribution in [2.45, 2.75) is 47.1 Å². The van der Waals surface area contributed by atoms with Crippen LogP contribution in [0, 0.1) is 19.8 Å². The number of Topliss-reactive ketones (excluding diaryl/α,β-unsaturated/α-hetero) is 1. The summed E-state index contributed by atoms with van der Waals surface area (Å²) >= 11 is 0.944. The summed E-state index contributed by atoms with van der Waals surface area (Å²) in [5.74, 6) is -1.21. The third-order valence-corrected chi connectivity index (χ3v) is 7.80. The predicted octanol–water partition coefficient (Wildman–Crippen LogP) is 6.00. The highest BCUT2D eigenvalue weighted by Gasteiger charge is 2.48. The van der Waals surface area contributed by atoms with Gasteiger partial charge in [-0.3, -0.25) is 14.5 Å². The van der Waals surface area contributed by atoms with Crippen LogP contribution in [0.5, 0.6) is 11.5 Å². The number of thiazole rings is 1. The van der Waals surface area contributed by atoms with Crippen molar-refractivity contribution < 1.29 is 33.7 Å². The molecule has 2 heterocycles. The lowest BCUT2D eigenvalue weighted by molar-refractivity contribution is -0.132. The van der Waals surface area contributed by atoms with Gasteiger partial charge in [-0.15, -0.1) is 0 Å². The molecule has 0 aliphatic carbocycles. The number of methoxy groups -OCH3 is 1. The normalized spacial score (nSPS) is 16.4. The first-order valence-corrected chi connectivity index (χ1v) is 14.2. The number of ketones is 1. The third kappa shape index (κ3) is 6.12. The van der Waals surface area contributed by atoms with Crippen LogP contribution in [0.2, 0.25) is 0 Å². The van der Waals surface area contributed by atoms with Crippen molar-refractivity contribution in [3.63, 3.8) is 0 Å². The molecule has 0 saturated carbocycles. The minimum absolute atomic E-state index is 0.0951. The average molecular weight is 579 g/mol. The van der Waals surface area contributed by atoms with Crippen molar-refractivity contribution in [2.24, 2.45) is 5.92 Å². The molecule has 1 saturated heterocycles. The number of anilines is 1. The molecule has 3 aromatic rings. The van der Waals surface area contributed by atoms with Gasteiger partial charge in [-0.25, -0.2) is 9.78 Å². The van der Waals surface area contributed by atoms with Crippen molar-refractivity contribution in [3.05, 3.63) is 75.3 Å². The number of esters is 1. The van der Waals surface area contributed by atoms with E-state index in [9.17, 15) is 19.5 Å². The SMILES string of the molecule is CCOc1cc(C2/C(=C(\O)c3ccc(C)cc3)C(=O)C(=O)N2c2nc(C)c(C(=O)OC)s2)ccc1OCCC(C)C. The Bertz CT molecular complexity index is 1490. The highest BCUT2D eigenvalue weighted by atomic mass is 32.1. The van der Waals surface area contributed by atoms with E-state index in [0.29, 0.717) is 47.5 Å². The van der Waals surface area contributed by atoms with Crippen LogP contribution in [-0.2, 0) is 14.3 Å². The maximum absolute atomic E-state index is 13.6. The number of aryl methyl sites for hydroxylation is 2. The molecule has 4 rings (SSSR count). The van der Waals surface area contributed by atoms with Crippen LogP contribution < -0.4 is 14.4 Å². The molecule has 10 heteroatoms. The van der Waals surface area contributed by atoms with Crippen molar-refractivity contribution >= 4 is 39.9 Å². The molecule has 216 valence electrons. The number of benzene rings is 2. The Labute approximate surface area is 243 Å². The summed E-state index contributed by atoms with van der Waals surface area (Å²) in [7, 11) is 1.26. The van der Waals surface area contributed by atoms with E-state index in [2.05, 4.69) is 18.8 Å². The minimum atomic E-state index is -1.05. The molecule has 1 fully saturated rings. The molecular formula is C31H34N2O7S. The van der Waals surface area contributed by atoms with Crippen molar-refractivity contribution in [3.8, 4) is 11.5 Å². The molecule has 1 aliphatic rings. The van der Waals surface area contributed by atoms with E-state index in [0.717, 1.165) is 23.3 Å². The van der Waals surface area contributed by atoms with E-state index >= 15 is 0 Å². The van der Waals surface area contributed by atoms with E-state index in [-0.39, 0.29) is 21.3 Å². The number of aliphatic hydroxyl groups excluding tert-OH is 1.